The summed E-state index contributed by atoms with van der Waals surface area (Å²) in [5.41, 5.74) is 4.03. The maximum Gasteiger partial charge on any atom is 0.343 e. The van der Waals surface area contributed by atoms with E-state index in [-0.39, 0.29) is 11.1 Å². The van der Waals surface area contributed by atoms with Gasteiger partial charge in [-0.2, -0.15) is 5.26 Å². The Kier molecular flexibility index (Phi) is 12.9. The number of nitriles is 1. The maximum atomic E-state index is 13.4. The number of benzene rings is 3. The normalized spacial score (nSPS) is 13.4. The molecule has 2 aliphatic heterocycles. The van der Waals surface area contributed by atoms with Crippen molar-refractivity contribution in [1.82, 2.24) is 9.48 Å². The summed E-state index contributed by atoms with van der Waals surface area (Å²) in [4.78, 5) is 32.3. The van der Waals surface area contributed by atoms with Crippen LogP contribution in [0.5, 0.6) is 0 Å². The van der Waals surface area contributed by atoms with Gasteiger partial charge in [-0.15, -0.1) is 10.2 Å². The minimum absolute atomic E-state index is 0.0902. The SMILES string of the molecule is CCN(CC)c1ccc2cc(/C=C(\C#N)C(=O)N3CCN(c4ccc(-c5ccc6ccc(=[N+](CC)CC)cc-6o5)cc4)CC3)c(=O)oc2c1.[O-][Cl+3]([O-])([O-])[O-]. The van der Waals surface area contributed by atoms with E-state index in [2.05, 4.69) is 90.6 Å². The fourth-order valence-electron chi connectivity index (χ4n) is 6.48. The van der Waals surface area contributed by atoms with Crippen LogP contribution in [0, 0.1) is 21.6 Å². The molecule has 0 saturated carbocycles. The van der Waals surface area contributed by atoms with Gasteiger partial charge in [-0.05, 0) is 94.4 Å². The smallest absolute Gasteiger partial charge is 0.343 e. The van der Waals surface area contributed by atoms with Crippen LogP contribution in [0.1, 0.15) is 33.3 Å². The topological polar surface area (TPSA) is 189 Å². The van der Waals surface area contributed by atoms with Gasteiger partial charge in [0.15, 0.2) is 0 Å². The molecule has 0 N–H and O–H groups in total. The largest absolute Gasteiger partial charge is 0.456 e. The summed E-state index contributed by atoms with van der Waals surface area (Å²) in [5.74, 6) is 1.26. The number of halogens is 1. The zero-order valence-corrected chi connectivity index (χ0v) is 31.4. The first-order valence-electron chi connectivity index (χ1n) is 17.7. The van der Waals surface area contributed by atoms with Crippen molar-refractivity contribution in [1.29, 1.82) is 5.26 Å². The van der Waals surface area contributed by atoms with Gasteiger partial charge in [-0.25, -0.2) is 28.0 Å². The fourth-order valence-corrected chi connectivity index (χ4v) is 6.48. The van der Waals surface area contributed by atoms with E-state index < -0.39 is 21.8 Å². The number of hydrogen-bond donors (Lipinski definition) is 0. The number of fused-ring (bicyclic) bond motifs is 2. The van der Waals surface area contributed by atoms with Crippen molar-refractivity contribution in [3.05, 3.63) is 106 Å². The highest BCUT2D eigenvalue weighted by Gasteiger charge is 2.24. The molecule has 282 valence electrons. The molecule has 0 spiro atoms. The van der Waals surface area contributed by atoms with Gasteiger partial charge >= 0.3 is 5.63 Å². The van der Waals surface area contributed by atoms with Crippen LogP contribution >= 0.6 is 0 Å². The lowest BCUT2D eigenvalue weighted by atomic mass is 10.1. The predicted molar refractivity (Wildman–Crippen MR) is 196 cm³/mol. The Morgan fingerprint density at radius 2 is 1.44 bits per heavy atom. The van der Waals surface area contributed by atoms with Gasteiger partial charge in [-0.3, -0.25) is 4.79 Å². The first-order valence-corrected chi connectivity index (χ1v) is 18.9. The highest BCUT2D eigenvalue weighted by Crippen LogP contribution is 2.29. The average Bonchev–Trinajstić information content (AvgIpc) is 3.17. The number of carbonyl (C=O) groups is 1. The Morgan fingerprint density at radius 1 is 0.833 bits per heavy atom. The fraction of sp³-hybridized carbons (Fsp3) is 0.300. The van der Waals surface area contributed by atoms with Gasteiger partial charge in [0.1, 0.15) is 41.8 Å². The summed E-state index contributed by atoms with van der Waals surface area (Å²) in [6.45, 7) is 14.1. The van der Waals surface area contributed by atoms with E-state index in [1.807, 2.05) is 30.3 Å². The Balaban J connectivity index is 0.00000105. The molecule has 1 saturated heterocycles. The molecule has 1 aromatic heterocycles. The minimum Gasteiger partial charge on any atom is -0.456 e. The molecule has 1 amide bonds. The van der Waals surface area contributed by atoms with Gasteiger partial charge in [0.25, 0.3) is 5.91 Å². The molecule has 14 heteroatoms. The van der Waals surface area contributed by atoms with Gasteiger partial charge < -0.3 is 23.5 Å². The van der Waals surface area contributed by atoms with E-state index in [1.54, 1.807) is 11.0 Å². The number of anilines is 2. The van der Waals surface area contributed by atoms with E-state index in [9.17, 15) is 14.9 Å². The van der Waals surface area contributed by atoms with E-state index in [0.29, 0.717) is 31.8 Å². The van der Waals surface area contributed by atoms with E-state index in [1.165, 1.54) is 6.08 Å². The van der Waals surface area contributed by atoms with Crippen LogP contribution in [0.15, 0.2) is 98.1 Å². The third kappa shape index (κ3) is 9.73. The van der Waals surface area contributed by atoms with Crippen molar-refractivity contribution in [3.63, 3.8) is 0 Å². The second kappa shape index (κ2) is 17.6. The number of rotatable bonds is 9. The van der Waals surface area contributed by atoms with Crippen molar-refractivity contribution in [2.45, 2.75) is 27.7 Å². The molecule has 0 atom stereocenters. The Labute approximate surface area is 315 Å². The van der Waals surface area contributed by atoms with Crippen molar-refractivity contribution < 1.29 is 42.5 Å². The molecule has 54 heavy (non-hydrogen) atoms. The highest BCUT2D eigenvalue weighted by atomic mass is 35.7. The summed E-state index contributed by atoms with van der Waals surface area (Å²) in [7, 11) is -4.94. The zero-order valence-electron chi connectivity index (χ0n) is 30.6. The Morgan fingerprint density at radius 3 is 2.06 bits per heavy atom. The minimum atomic E-state index is -4.94. The van der Waals surface area contributed by atoms with Crippen molar-refractivity contribution >= 4 is 34.3 Å². The molecule has 3 heterocycles. The molecular weight excluding hydrogens is 714 g/mol. The van der Waals surface area contributed by atoms with Crippen LogP contribution in [0.25, 0.3) is 39.7 Å². The van der Waals surface area contributed by atoms with E-state index in [0.717, 1.165) is 70.9 Å². The molecule has 3 aliphatic rings. The van der Waals surface area contributed by atoms with Crippen LogP contribution in [0.2, 0.25) is 0 Å². The molecule has 6 rings (SSSR count). The third-order valence-corrected chi connectivity index (χ3v) is 9.37. The molecule has 0 bridgehead atoms. The predicted octanol–water partition coefficient (Wildman–Crippen LogP) is 1.32. The zero-order chi connectivity index (χ0) is 39.0. The van der Waals surface area contributed by atoms with E-state index in [4.69, 9.17) is 27.5 Å². The van der Waals surface area contributed by atoms with Crippen LogP contribution < -0.4 is 44.0 Å². The van der Waals surface area contributed by atoms with Crippen LogP contribution in [0.4, 0.5) is 11.4 Å². The monoisotopic (exact) mass is 755 g/mol. The lowest BCUT2D eigenvalue weighted by Crippen LogP contribution is -2.68. The summed E-state index contributed by atoms with van der Waals surface area (Å²) in [6, 6.07) is 28.1. The lowest BCUT2D eigenvalue weighted by Gasteiger charge is -2.36. The number of amides is 1. The first-order chi connectivity index (χ1) is 25.8. The maximum absolute atomic E-state index is 13.4. The molecule has 0 radical (unpaired) electrons. The Hall–Kier alpha value is -5.49. The van der Waals surface area contributed by atoms with Crippen LogP contribution in [-0.4, -0.2) is 63.2 Å². The number of hydrogen-bond acceptors (Lipinski definition) is 11. The summed E-state index contributed by atoms with van der Waals surface area (Å²) in [5, 5.41) is 11.8. The van der Waals surface area contributed by atoms with Crippen molar-refractivity contribution in [2.75, 3.05) is 62.2 Å². The summed E-state index contributed by atoms with van der Waals surface area (Å²) >= 11 is 0. The third-order valence-electron chi connectivity index (χ3n) is 9.37. The molecule has 2 aromatic carbocycles. The molecule has 1 fully saturated rings. The molecular formula is C40H42ClN5O8. The van der Waals surface area contributed by atoms with Gasteiger partial charge in [0.05, 0.1) is 11.6 Å². The Bertz CT molecular complexity index is 2250. The molecule has 0 unspecified atom stereocenters. The van der Waals surface area contributed by atoms with Gasteiger partial charge in [0, 0.05) is 79.3 Å². The quantitative estimate of drug-likeness (QED) is 0.0913. The lowest BCUT2D eigenvalue weighted by molar-refractivity contribution is -2.00. The second-order valence-corrected chi connectivity index (χ2v) is 13.2. The summed E-state index contributed by atoms with van der Waals surface area (Å²) < 4.78 is 48.2. The van der Waals surface area contributed by atoms with Crippen LogP contribution in [-0.2, 0) is 4.79 Å². The highest BCUT2D eigenvalue weighted by molar-refractivity contribution is 6.02. The number of nitrogens with zero attached hydrogens (tertiary/aromatic N) is 5. The number of carbonyl (C=O) groups excluding carboxylic acids is 1. The average molecular weight is 756 g/mol. The van der Waals surface area contributed by atoms with Crippen molar-refractivity contribution in [3.8, 4) is 28.7 Å². The van der Waals surface area contributed by atoms with Crippen molar-refractivity contribution in [2.24, 2.45) is 0 Å². The van der Waals surface area contributed by atoms with Gasteiger partial charge in [-0.1, -0.05) is 0 Å². The molecule has 1 aliphatic carbocycles. The first kappa shape index (κ1) is 39.7. The van der Waals surface area contributed by atoms with Gasteiger partial charge in [0.2, 0.25) is 5.36 Å². The number of piperazine rings is 1. The standard InChI is InChI=1S/C40H42N5O4.ClHO4/c1-5-42(6-2)34-16-11-29-13-18-36(48-37(29)25-34)28-9-14-33(15-10-28)44-19-21-45(22-20-44)39(46)32(27-41)24-31-23-30-12-17-35(43(7-3)8-4)26-38(30)49-40(31)47;2-1(3,4)5/h9-18,23-26H,5-8,19-22H2,1-4H3;(H,2,3,4,5)/q+1;/p-1/b32-24+;. The van der Waals surface area contributed by atoms with Crippen LogP contribution in [0.3, 0.4) is 0 Å². The summed E-state index contributed by atoms with van der Waals surface area (Å²) in [6.07, 6.45) is 1.35. The molecule has 3 aromatic rings. The molecule has 13 nitrogen and oxygen atoms in total. The second-order valence-electron chi connectivity index (χ2n) is 12.5. The van der Waals surface area contributed by atoms with E-state index >= 15 is 0 Å².